The molecule has 1 aromatic carbocycles. The molecular formula is C16H18ClN3O2S. The van der Waals surface area contributed by atoms with Gasteiger partial charge in [0.15, 0.2) is 0 Å². The van der Waals surface area contributed by atoms with Gasteiger partial charge in [-0.3, -0.25) is 20.4 Å². The number of halogens is 1. The van der Waals surface area contributed by atoms with Crippen LogP contribution in [-0.2, 0) is 0 Å². The molecule has 7 heteroatoms. The first-order valence-corrected chi connectivity index (χ1v) is 8.45. The van der Waals surface area contributed by atoms with Crippen molar-refractivity contribution in [1.29, 1.82) is 0 Å². The Balaban J connectivity index is 1.94. The van der Waals surface area contributed by atoms with Crippen molar-refractivity contribution < 1.29 is 9.59 Å². The Labute approximate surface area is 144 Å². The van der Waals surface area contributed by atoms with Crippen LogP contribution < -0.4 is 15.8 Å². The van der Waals surface area contributed by atoms with Gasteiger partial charge in [0, 0.05) is 24.3 Å². The fourth-order valence-electron chi connectivity index (χ4n) is 2.10. The summed E-state index contributed by atoms with van der Waals surface area (Å²) in [6, 6.07) is 10.5. The van der Waals surface area contributed by atoms with Gasteiger partial charge >= 0.3 is 0 Å². The van der Waals surface area contributed by atoms with Crippen LogP contribution in [0, 0.1) is 0 Å². The minimum atomic E-state index is -0.394. The van der Waals surface area contributed by atoms with Crippen molar-refractivity contribution in [3.05, 3.63) is 51.2 Å². The van der Waals surface area contributed by atoms with Gasteiger partial charge in [0.1, 0.15) is 0 Å². The van der Waals surface area contributed by atoms with Crippen molar-refractivity contribution in [3.63, 3.8) is 0 Å². The van der Waals surface area contributed by atoms with Crippen LogP contribution in [-0.4, -0.2) is 24.9 Å². The van der Waals surface area contributed by atoms with E-state index in [-0.39, 0.29) is 5.91 Å². The fourth-order valence-corrected chi connectivity index (χ4v) is 3.03. The van der Waals surface area contributed by atoms with E-state index in [1.54, 1.807) is 24.3 Å². The summed E-state index contributed by atoms with van der Waals surface area (Å²) >= 11 is 6.92. The van der Waals surface area contributed by atoms with Crippen molar-refractivity contribution in [1.82, 2.24) is 10.9 Å². The summed E-state index contributed by atoms with van der Waals surface area (Å²) in [6.07, 6.45) is 0. The highest BCUT2D eigenvalue weighted by Crippen LogP contribution is 2.21. The van der Waals surface area contributed by atoms with E-state index in [0.29, 0.717) is 14.8 Å². The van der Waals surface area contributed by atoms with Crippen LogP contribution in [0.4, 0.5) is 5.69 Å². The van der Waals surface area contributed by atoms with Crippen molar-refractivity contribution in [3.8, 4) is 0 Å². The third kappa shape index (κ3) is 4.46. The predicted octanol–water partition coefficient (Wildman–Crippen LogP) is 3.32. The Bertz CT molecular complexity index is 681. The second kappa shape index (κ2) is 7.99. The molecule has 0 aliphatic carbocycles. The van der Waals surface area contributed by atoms with Gasteiger partial charge in [-0.1, -0.05) is 11.6 Å². The molecule has 23 heavy (non-hydrogen) atoms. The molecule has 2 N–H and O–H groups in total. The molecule has 2 aromatic rings. The van der Waals surface area contributed by atoms with Crippen LogP contribution in [0.1, 0.15) is 33.9 Å². The summed E-state index contributed by atoms with van der Waals surface area (Å²) in [7, 11) is 0. The Kier molecular flexibility index (Phi) is 6.01. The first-order valence-electron chi connectivity index (χ1n) is 7.26. The van der Waals surface area contributed by atoms with Crippen LogP contribution in [0.2, 0.25) is 4.34 Å². The van der Waals surface area contributed by atoms with E-state index in [1.807, 2.05) is 12.1 Å². The third-order valence-electron chi connectivity index (χ3n) is 3.34. The van der Waals surface area contributed by atoms with E-state index in [9.17, 15) is 9.59 Å². The van der Waals surface area contributed by atoms with E-state index < -0.39 is 5.91 Å². The lowest BCUT2D eigenvalue weighted by atomic mass is 10.2. The molecule has 2 amide bonds. The number of rotatable bonds is 5. The first-order chi connectivity index (χ1) is 11.0. The molecule has 0 fully saturated rings. The molecule has 0 atom stereocenters. The van der Waals surface area contributed by atoms with Crippen molar-refractivity contribution in [2.24, 2.45) is 0 Å². The SMILES string of the molecule is CCN(CC)c1ccc(C(=O)NNC(=O)c2ccc(Cl)s2)cc1. The summed E-state index contributed by atoms with van der Waals surface area (Å²) in [5.41, 5.74) is 6.30. The number of hydrazine groups is 1. The van der Waals surface area contributed by atoms with Crippen LogP contribution in [0.5, 0.6) is 0 Å². The molecule has 1 heterocycles. The normalized spacial score (nSPS) is 10.2. The van der Waals surface area contributed by atoms with E-state index in [4.69, 9.17) is 11.6 Å². The molecule has 0 radical (unpaired) electrons. The van der Waals surface area contributed by atoms with Crippen molar-refractivity contribution in [2.75, 3.05) is 18.0 Å². The smallest absolute Gasteiger partial charge is 0.279 e. The number of hydrogen-bond donors (Lipinski definition) is 2. The molecule has 0 spiro atoms. The average Bonchev–Trinajstić information content (AvgIpc) is 3.00. The first kappa shape index (κ1) is 17.3. The summed E-state index contributed by atoms with van der Waals surface area (Å²) in [6.45, 7) is 5.97. The zero-order chi connectivity index (χ0) is 16.8. The Morgan fingerprint density at radius 1 is 1.00 bits per heavy atom. The minimum Gasteiger partial charge on any atom is -0.372 e. The molecule has 2 rings (SSSR count). The van der Waals surface area contributed by atoms with Crippen LogP contribution in [0.25, 0.3) is 0 Å². The van der Waals surface area contributed by atoms with Gasteiger partial charge in [0.25, 0.3) is 11.8 Å². The number of carbonyl (C=O) groups excluding carboxylic acids is 2. The van der Waals surface area contributed by atoms with Crippen LogP contribution in [0.15, 0.2) is 36.4 Å². The lowest BCUT2D eigenvalue weighted by Gasteiger charge is -2.21. The lowest BCUT2D eigenvalue weighted by molar-refractivity contribution is 0.0849. The van der Waals surface area contributed by atoms with Gasteiger partial charge in [-0.15, -0.1) is 11.3 Å². The maximum Gasteiger partial charge on any atom is 0.279 e. The van der Waals surface area contributed by atoms with Gasteiger partial charge in [-0.25, -0.2) is 0 Å². The van der Waals surface area contributed by atoms with E-state index >= 15 is 0 Å². The number of nitrogens with zero attached hydrogens (tertiary/aromatic N) is 1. The number of benzene rings is 1. The summed E-state index contributed by atoms with van der Waals surface area (Å²) in [4.78, 5) is 26.5. The maximum atomic E-state index is 12.0. The zero-order valence-electron chi connectivity index (χ0n) is 12.9. The van der Waals surface area contributed by atoms with E-state index in [2.05, 4.69) is 29.6 Å². The molecular weight excluding hydrogens is 334 g/mol. The average molecular weight is 352 g/mol. The summed E-state index contributed by atoms with van der Waals surface area (Å²) < 4.78 is 0.522. The molecule has 5 nitrogen and oxygen atoms in total. The van der Waals surface area contributed by atoms with Crippen molar-refractivity contribution in [2.45, 2.75) is 13.8 Å². The predicted molar refractivity (Wildman–Crippen MR) is 94.3 cm³/mol. The van der Waals surface area contributed by atoms with E-state index in [0.717, 1.165) is 30.1 Å². The highest BCUT2D eigenvalue weighted by molar-refractivity contribution is 7.17. The van der Waals surface area contributed by atoms with Gasteiger partial charge < -0.3 is 4.90 Å². The monoisotopic (exact) mass is 351 g/mol. The van der Waals surface area contributed by atoms with Crippen molar-refractivity contribution >= 4 is 40.4 Å². The highest BCUT2D eigenvalue weighted by Gasteiger charge is 2.11. The Morgan fingerprint density at radius 2 is 1.61 bits per heavy atom. The second-order valence-electron chi connectivity index (χ2n) is 4.73. The topological polar surface area (TPSA) is 61.4 Å². The van der Waals surface area contributed by atoms with Gasteiger partial charge in [-0.05, 0) is 50.2 Å². The third-order valence-corrected chi connectivity index (χ3v) is 4.57. The Hall–Kier alpha value is -2.05. The molecule has 1 aromatic heterocycles. The Morgan fingerprint density at radius 3 is 2.13 bits per heavy atom. The molecule has 0 unspecified atom stereocenters. The lowest BCUT2D eigenvalue weighted by Crippen LogP contribution is -2.41. The summed E-state index contributed by atoms with van der Waals surface area (Å²) in [5, 5.41) is 0. The number of carbonyl (C=O) groups is 2. The molecule has 0 saturated heterocycles. The number of hydrogen-bond acceptors (Lipinski definition) is 4. The van der Waals surface area contributed by atoms with E-state index in [1.165, 1.54) is 0 Å². The molecule has 0 aliphatic rings. The minimum absolute atomic E-state index is 0.368. The number of thiophene rings is 1. The maximum absolute atomic E-state index is 12.0. The standard InChI is InChI=1S/C16H18ClN3O2S/c1-3-20(4-2)12-7-5-11(6-8-12)15(21)18-19-16(22)13-9-10-14(17)23-13/h5-10H,3-4H2,1-2H3,(H,18,21)(H,19,22). The number of nitrogens with one attached hydrogen (secondary N) is 2. The molecule has 122 valence electrons. The van der Waals surface area contributed by atoms with Gasteiger partial charge in [-0.2, -0.15) is 0 Å². The molecule has 0 saturated carbocycles. The number of anilines is 1. The van der Waals surface area contributed by atoms with Gasteiger partial charge in [0.05, 0.1) is 9.21 Å². The number of amides is 2. The highest BCUT2D eigenvalue weighted by atomic mass is 35.5. The van der Waals surface area contributed by atoms with Gasteiger partial charge in [0.2, 0.25) is 0 Å². The van der Waals surface area contributed by atoms with Crippen LogP contribution in [0.3, 0.4) is 0 Å². The molecule has 0 aliphatic heterocycles. The largest absolute Gasteiger partial charge is 0.372 e. The molecule has 0 bridgehead atoms. The zero-order valence-corrected chi connectivity index (χ0v) is 14.5. The summed E-state index contributed by atoms with van der Waals surface area (Å²) in [5.74, 6) is -0.762. The second-order valence-corrected chi connectivity index (χ2v) is 6.45. The fraction of sp³-hybridized carbons (Fsp3) is 0.250. The quantitative estimate of drug-likeness (QED) is 0.812. The van der Waals surface area contributed by atoms with Crippen LogP contribution >= 0.6 is 22.9 Å².